The summed E-state index contributed by atoms with van der Waals surface area (Å²) in [6.45, 7) is 4.74. The van der Waals surface area contributed by atoms with Gasteiger partial charge in [-0.2, -0.15) is 0 Å². The van der Waals surface area contributed by atoms with E-state index < -0.39 is 0 Å². The lowest BCUT2D eigenvalue weighted by atomic mass is 9.70. The zero-order chi connectivity index (χ0) is 47.7. The Bertz CT molecular complexity index is 4130. The lowest BCUT2D eigenvalue weighted by Crippen LogP contribution is -2.25. The molecule has 0 bridgehead atoms. The Labute approximate surface area is 420 Å². The molecule has 0 amide bonds. The van der Waals surface area contributed by atoms with Crippen molar-refractivity contribution in [2.45, 2.75) is 24.7 Å². The van der Waals surface area contributed by atoms with Crippen LogP contribution in [0.4, 0.5) is 17.1 Å². The minimum atomic E-state index is -0.385. The quantitative estimate of drug-likeness (QED) is 0.161. The van der Waals surface area contributed by atoms with E-state index in [1.165, 1.54) is 111 Å². The van der Waals surface area contributed by atoms with Gasteiger partial charge in [0.1, 0.15) is 0 Å². The average Bonchev–Trinajstić information content (AvgIpc) is 4.12. The fourth-order valence-electron chi connectivity index (χ4n) is 13.4. The molecule has 0 saturated carbocycles. The second kappa shape index (κ2) is 15.3. The highest BCUT2D eigenvalue weighted by Gasteiger charge is 2.52. The standard InChI is InChI=1S/C70H48N2/c1-69(2)59-27-11-6-20-53(59)56-43-42-50(44-64(56)69)71(49-40-36-46(37-41-49)52-26-17-33-66-68(52)58-24-10-15-32-65(58)72(66)47-18-4-3-5-19-47)48-38-34-45(35-39-48)51-25-16-31-63-67(51)57-23-9-14-30-62(57)70(63)60-28-12-7-21-54(60)55-22-8-13-29-61(55)70/h3-44H,1-2H3. The Morgan fingerprint density at radius 3 is 1.46 bits per heavy atom. The molecule has 2 heteroatoms. The number of rotatable bonds is 6. The zero-order valence-corrected chi connectivity index (χ0v) is 40.1. The molecule has 15 rings (SSSR count). The minimum Gasteiger partial charge on any atom is -0.310 e. The van der Waals surface area contributed by atoms with E-state index in [0.29, 0.717) is 0 Å². The molecule has 1 heterocycles. The molecule has 2 nitrogen and oxygen atoms in total. The molecule has 0 unspecified atom stereocenters. The maximum Gasteiger partial charge on any atom is 0.0725 e. The number of hydrogen-bond acceptors (Lipinski definition) is 1. The molecule has 0 radical (unpaired) electrons. The molecule has 3 aliphatic rings. The van der Waals surface area contributed by atoms with Gasteiger partial charge in [0.05, 0.1) is 16.4 Å². The van der Waals surface area contributed by atoms with Crippen molar-refractivity contribution in [3.05, 3.63) is 288 Å². The monoisotopic (exact) mass is 916 g/mol. The Morgan fingerprint density at radius 1 is 0.319 bits per heavy atom. The van der Waals surface area contributed by atoms with E-state index in [-0.39, 0.29) is 10.8 Å². The van der Waals surface area contributed by atoms with Gasteiger partial charge >= 0.3 is 0 Å². The normalized spacial score (nSPS) is 13.9. The maximum absolute atomic E-state index is 2.45. The fourth-order valence-corrected chi connectivity index (χ4v) is 13.4. The summed E-state index contributed by atoms with van der Waals surface area (Å²) >= 11 is 0. The number of hydrogen-bond donors (Lipinski definition) is 0. The average molecular weight is 917 g/mol. The first-order valence-electron chi connectivity index (χ1n) is 25.3. The van der Waals surface area contributed by atoms with Gasteiger partial charge in [0.2, 0.25) is 0 Å². The van der Waals surface area contributed by atoms with Crippen LogP contribution in [0.1, 0.15) is 47.2 Å². The smallest absolute Gasteiger partial charge is 0.0725 e. The number of aromatic nitrogens is 1. The van der Waals surface area contributed by atoms with Crippen molar-refractivity contribution in [3.63, 3.8) is 0 Å². The van der Waals surface area contributed by atoms with E-state index in [4.69, 9.17) is 0 Å². The lowest BCUT2D eigenvalue weighted by molar-refractivity contribution is 0.660. The molecule has 1 spiro atoms. The molecule has 0 atom stereocenters. The van der Waals surface area contributed by atoms with E-state index in [9.17, 15) is 0 Å². The molecule has 0 saturated heterocycles. The van der Waals surface area contributed by atoms with Gasteiger partial charge in [-0.25, -0.2) is 0 Å². The predicted molar refractivity (Wildman–Crippen MR) is 300 cm³/mol. The Morgan fingerprint density at radius 2 is 0.778 bits per heavy atom. The van der Waals surface area contributed by atoms with Gasteiger partial charge in [0.15, 0.2) is 0 Å². The molecule has 1 aromatic heterocycles. The van der Waals surface area contributed by atoms with Gasteiger partial charge < -0.3 is 9.47 Å². The molecule has 12 aromatic rings. The van der Waals surface area contributed by atoms with E-state index in [1.807, 2.05) is 0 Å². The van der Waals surface area contributed by atoms with Crippen molar-refractivity contribution in [1.29, 1.82) is 0 Å². The first kappa shape index (κ1) is 40.9. The first-order chi connectivity index (χ1) is 35.5. The van der Waals surface area contributed by atoms with Crippen LogP contribution in [-0.4, -0.2) is 4.57 Å². The van der Waals surface area contributed by atoms with Crippen molar-refractivity contribution in [2.75, 3.05) is 4.90 Å². The predicted octanol–water partition coefficient (Wildman–Crippen LogP) is 18.2. The van der Waals surface area contributed by atoms with Crippen LogP contribution in [-0.2, 0) is 10.8 Å². The highest BCUT2D eigenvalue weighted by molar-refractivity contribution is 6.16. The van der Waals surface area contributed by atoms with Crippen LogP contribution >= 0.6 is 0 Å². The van der Waals surface area contributed by atoms with Crippen LogP contribution in [0.3, 0.4) is 0 Å². The van der Waals surface area contributed by atoms with Crippen LogP contribution in [0, 0.1) is 0 Å². The van der Waals surface area contributed by atoms with Crippen LogP contribution in [0.15, 0.2) is 255 Å². The largest absolute Gasteiger partial charge is 0.310 e. The number of nitrogens with zero attached hydrogens (tertiary/aromatic N) is 2. The highest BCUT2D eigenvalue weighted by Crippen LogP contribution is 2.64. The van der Waals surface area contributed by atoms with Gasteiger partial charge in [-0.05, 0) is 150 Å². The summed E-state index contributed by atoms with van der Waals surface area (Å²) in [6, 6.07) is 95.1. The van der Waals surface area contributed by atoms with Crippen LogP contribution in [0.2, 0.25) is 0 Å². The molecule has 0 N–H and O–H groups in total. The lowest BCUT2D eigenvalue weighted by Gasteiger charge is -2.30. The van der Waals surface area contributed by atoms with E-state index in [2.05, 4.69) is 278 Å². The van der Waals surface area contributed by atoms with E-state index in [1.54, 1.807) is 0 Å². The second-order valence-electron chi connectivity index (χ2n) is 20.3. The molecule has 338 valence electrons. The van der Waals surface area contributed by atoms with Crippen molar-refractivity contribution in [3.8, 4) is 61.3 Å². The number of anilines is 3. The molecular weight excluding hydrogens is 869 g/mol. The van der Waals surface area contributed by atoms with Gasteiger partial charge in [-0.1, -0.05) is 208 Å². The molecular formula is C70H48N2. The molecule has 0 aliphatic heterocycles. The third-order valence-corrected chi connectivity index (χ3v) is 16.4. The topological polar surface area (TPSA) is 8.17 Å². The summed E-state index contributed by atoms with van der Waals surface area (Å²) in [5, 5.41) is 2.51. The molecule has 3 aliphatic carbocycles. The third kappa shape index (κ3) is 5.55. The fraction of sp³-hybridized carbons (Fsp3) is 0.0571. The van der Waals surface area contributed by atoms with Crippen molar-refractivity contribution >= 4 is 38.9 Å². The number of fused-ring (bicyclic) bond motifs is 16. The summed E-state index contributed by atoms with van der Waals surface area (Å²) in [5.41, 5.74) is 27.3. The Kier molecular flexibility index (Phi) is 8.66. The summed E-state index contributed by atoms with van der Waals surface area (Å²) < 4.78 is 2.40. The van der Waals surface area contributed by atoms with Crippen molar-refractivity contribution in [1.82, 2.24) is 4.57 Å². The first-order valence-corrected chi connectivity index (χ1v) is 25.3. The van der Waals surface area contributed by atoms with Gasteiger partial charge in [0.25, 0.3) is 0 Å². The third-order valence-electron chi connectivity index (χ3n) is 16.4. The highest BCUT2D eigenvalue weighted by atomic mass is 15.1. The van der Waals surface area contributed by atoms with Gasteiger partial charge in [-0.15, -0.1) is 0 Å². The van der Waals surface area contributed by atoms with Gasteiger partial charge in [0, 0.05) is 38.9 Å². The second-order valence-corrected chi connectivity index (χ2v) is 20.3. The van der Waals surface area contributed by atoms with Crippen LogP contribution in [0.5, 0.6) is 0 Å². The summed E-state index contributed by atoms with van der Waals surface area (Å²) in [4.78, 5) is 2.45. The SMILES string of the molecule is CC1(C)c2ccccc2-c2ccc(N(c3ccc(-c4cccc5c4-c4ccccc4C54c5ccccc5-c5ccccc54)cc3)c3ccc(-c4cccc5c4c4ccccc4n5-c4ccccc4)cc3)cc21. The van der Waals surface area contributed by atoms with E-state index in [0.717, 1.165) is 22.7 Å². The minimum absolute atomic E-state index is 0.138. The van der Waals surface area contributed by atoms with Crippen LogP contribution < -0.4 is 4.90 Å². The maximum atomic E-state index is 2.45. The number of para-hydroxylation sites is 2. The molecule has 11 aromatic carbocycles. The van der Waals surface area contributed by atoms with Crippen LogP contribution in [0.25, 0.3) is 83.1 Å². The zero-order valence-electron chi connectivity index (χ0n) is 40.1. The van der Waals surface area contributed by atoms with Gasteiger partial charge in [-0.3, -0.25) is 0 Å². The Hall–Kier alpha value is -8.98. The summed E-state index contributed by atoms with van der Waals surface area (Å²) in [6.07, 6.45) is 0. The summed E-state index contributed by atoms with van der Waals surface area (Å²) in [5.74, 6) is 0. The van der Waals surface area contributed by atoms with E-state index >= 15 is 0 Å². The summed E-state index contributed by atoms with van der Waals surface area (Å²) in [7, 11) is 0. The molecule has 72 heavy (non-hydrogen) atoms. The van der Waals surface area contributed by atoms with Crippen molar-refractivity contribution in [2.24, 2.45) is 0 Å². The Balaban J connectivity index is 0.874. The molecule has 0 fully saturated rings. The van der Waals surface area contributed by atoms with Crippen molar-refractivity contribution < 1.29 is 0 Å². The number of benzene rings is 11.